The molecule has 1 rings (SSSR count). The van der Waals surface area contributed by atoms with Gasteiger partial charge in [-0.05, 0) is 43.5 Å². The zero-order chi connectivity index (χ0) is 16.5. The molecule has 0 fully saturated rings. The van der Waals surface area contributed by atoms with Gasteiger partial charge in [0.2, 0.25) is 0 Å². The highest BCUT2D eigenvalue weighted by Gasteiger charge is 2.11. The smallest absolute Gasteiger partial charge is 0.325 e. The van der Waals surface area contributed by atoms with Crippen molar-refractivity contribution in [2.45, 2.75) is 33.6 Å². The minimum Gasteiger partial charge on any atom is -0.496 e. The van der Waals surface area contributed by atoms with E-state index >= 15 is 0 Å². The summed E-state index contributed by atoms with van der Waals surface area (Å²) in [6.07, 6.45) is 1.85. The topological polar surface area (TPSA) is 76.7 Å². The summed E-state index contributed by atoms with van der Waals surface area (Å²) in [5.74, 6) is 0.384. The molecule has 0 saturated heterocycles. The molecule has 0 aliphatic heterocycles. The van der Waals surface area contributed by atoms with E-state index in [0.29, 0.717) is 12.3 Å². The summed E-state index contributed by atoms with van der Waals surface area (Å²) in [5, 5.41) is 5.18. The molecule has 0 aliphatic carbocycles. The number of hydrogen-bond donors (Lipinski definition) is 2. The van der Waals surface area contributed by atoms with Crippen LogP contribution in [0.5, 0.6) is 5.75 Å². The van der Waals surface area contributed by atoms with E-state index in [1.54, 1.807) is 14.0 Å². The fourth-order valence-electron chi connectivity index (χ4n) is 2.21. The number of carbonyl (C=O) groups is 2. The van der Waals surface area contributed by atoms with Crippen LogP contribution in [-0.4, -0.2) is 32.3 Å². The minimum atomic E-state index is -0.463. The second-order valence-electron chi connectivity index (χ2n) is 4.85. The van der Waals surface area contributed by atoms with Gasteiger partial charge in [-0.15, -0.1) is 0 Å². The lowest BCUT2D eigenvalue weighted by Crippen LogP contribution is -2.34. The van der Waals surface area contributed by atoms with Crippen LogP contribution in [0.15, 0.2) is 12.1 Å². The highest BCUT2D eigenvalue weighted by molar-refractivity contribution is 5.91. The molecule has 6 heteroatoms. The molecular formula is C16H24N2O4. The van der Waals surface area contributed by atoms with Gasteiger partial charge in [0, 0.05) is 5.69 Å². The second-order valence-corrected chi connectivity index (χ2v) is 4.85. The van der Waals surface area contributed by atoms with Crippen LogP contribution < -0.4 is 15.4 Å². The molecule has 22 heavy (non-hydrogen) atoms. The largest absolute Gasteiger partial charge is 0.496 e. The molecule has 0 spiro atoms. The van der Waals surface area contributed by atoms with Gasteiger partial charge in [0.15, 0.2) is 0 Å². The highest BCUT2D eigenvalue weighted by Crippen LogP contribution is 2.28. The van der Waals surface area contributed by atoms with E-state index in [2.05, 4.69) is 17.6 Å². The number of benzene rings is 1. The zero-order valence-corrected chi connectivity index (χ0v) is 13.6. The van der Waals surface area contributed by atoms with Crippen LogP contribution in [0.3, 0.4) is 0 Å². The van der Waals surface area contributed by atoms with Gasteiger partial charge in [0.05, 0.1) is 13.7 Å². The summed E-state index contributed by atoms with van der Waals surface area (Å²) >= 11 is 0. The summed E-state index contributed by atoms with van der Waals surface area (Å²) in [6, 6.07) is 3.28. The third-order valence-corrected chi connectivity index (χ3v) is 3.03. The molecule has 0 unspecified atom stereocenters. The Morgan fingerprint density at radius 3 is 2.55 bits per heavy atom. The average Bonchev–Trinajstić information content (AvgIpc) is 2.46. The van der Waals surface area contributed by atoms with Gasteiger partial charge in [-0.2, -0.15) is 0 Å². The standard InChI is InChI=1S/C16H24N2O4/c1-5-7-12-9-13(8-11(3)15(12)21-4)18-16(20)17-10-14(19)22-6-2/h8-9H,5-7,10H2,1-4H3,(H2,17,18,20). The van der Waals surface area contributed by atoms with E-state index in [-0.39, 0.29) is 6.54 Å². The summed E-state index contributed by atoms with van der Waals surface area (Å²) < 4.78 is 10.1. The number of urea groups is 1. The maximum absolute atomic E-state index is 11.8. The van der Waals surface area contributed by atoms with E-state index in [9.17, 15) is 9.59 Å². The molecular weight excluding hydrogens is 284 g/mol. The van der Waals surface area contributed by atoms with Gasteiger partial charge < -0.3 is 20.1 Å². The van der Waals surface area contributed by atoms with Crippen LogP contribution in [0.25, 0.3) is 0 Å². The number of anilines is 1. The fourth-order valence-corrected chi connectivity index (χ4v) is 2.21. The van der Waals surface area contributed by atoms with Crippen molar-refractivity contribution in [1.82, 2.24) is 5.32 Å². The molecule has 0 heterocycles. The summed E-state index contributed by atoms with van der Waals surface area (Å²) in [7, 11) is 1.64. The molecule has 122 valence electrons. The Balaban J connectivity index is 2.72. The predicted molar refractivity (Wildman–Crippen MR) is 85.4 cm³/mol. The number of ether oxygens (including phenoxy) is 2. The maximum Gasteiger partial charge on any atom is 0.325 e. The number of methoxy groups -OCH3 is 1. The van der Waals surface area contributed by atoms with E-state index in [0.717, 1.165) is 29.7 Å². The minimum absolute atomic E-state index is 0.156. The first-order valence-electron chi connectivity index (χ1n) is 7.39. The molecule has 0 aliphatic rings. The van der Waals surface area contributed by atoms with Crippen molar-refractivity contribution in [3.8, 4) is 5.75 Å². The molecule has 0 aromatic heterocycles. The Kier molecular flexibility index (Phi) is 7.22. The van der Waals surface area contributed by atoms with Crippen LogP contribution in [0.1, 0.15) is 31.4 Å². The number of hydrogen-bond acceptors (Lipinski definition) is 4. The van der Waals surface area contributed by atoms with Gasteiger partial charge >= 0.3 is 12.0 Å². The summed E-state index contributed by atoms with van der Waals surface area (Å²) in [5.41, 5.74) is 2.67. The van der Waals surface area contributed by atoms with E-state index in [1.807, 2.05) is 19.1 Å². The Morgan fingerprint density at radius 2 is 1.95 bits per heavy atom. The van der Waals surface area contributed by atoms with Crippen LogP contribution in [0.4, 0.5) is 10.5 Å². The molecule has 1 aromatic rings. The Bertz CT molecular complexity index is 529. The molecule has 6 nitrogen and oxygen atoms in total. The maximum atomic E-state index is 11.8. The van der Waals surface area contributed by atoms with E-state index in [1.165, 1.54) is 0 Å². The molecule has 0 saturated carbocycles. The van der Waals surface area contributed by atoms with Crippen molar-refractivity contribution in [2.24, 2.45) is 0 Å². The van der Waals surface area contributed by atoms with Crippen molar-refractivity contribution in [3.63, 3.8) is 0 Å². The van der Waals surface area contributed by atoms with Crippen LogP contribution in [0, 0.1) is 6.92 Å². The normalized spacial score (nSPS) is 10.0. The Morgan fingerprint density at radius 1 is 1.23 bits per heavy atom. The SMILES string of the molecule is CCCc1cc(NC(=O)NCC(=O)OCC)cc(C)c1OC. The number of aryl methyl sites for hydroxylation is 2. The fraction of sp³-hybridized carbons (Fsp3) is 0.500. The lowest BCUT2D eigenvalue weighted by molar-refractivity contribution is -0.141. The Hall–Kier alpha value is -2.24. The second kappa shape index (κ2) is 8.92. The van der Waals surface area contributed by atoms with Crippen LogP contribution >= 0.6 is 0 Å². The lowest BCUT2D eigenvalue weighted by Gasteiger charge is -2.14. The monoisotopic (exact) mass is 308 g/mol. The average molecular weight is 308 g/mol. The third kappa shape index (κ3) is 5.27. The van der Waals surface area contributed by atoms with Crippen LogP contribution in [-0.2, 0) is 16.0 Å². The molecule has 1 aromatic carbocycles. The van der Waals surface area contributed by atoms with Crippen molar-refractivity contribution in [2.75, 3.05) is 25.6 Å². The van der Waals surface area contributed by atoms with E-state index in [4.69, 9.17) is 9.47 Å². The number of nitrogens with one attached hydrogen (secondary N) is 2. The summed E-state index contributed by atoms with van der Waals surface area (Å²) in [4.78, 5) is 23.0. The highest BCUT2D eigenvalue weighted by atomic mass is 16.5. The lowest BCUT2D eigenvalue weighted by atomic mass is 10.0. The molecule has 2 N–H and O–H groups in total. The quantitative estimate of drug-likeness (QED) is 0.759. The van der Waals surface area contributed by atoms with Crippen molar-refractivity contribution in [3.05, 3.63) is 23.3 Å². The van der Waals surface area contributed by atoms with Crippen molar-refractivity contribution in [1.29, 1.82) is 0 Å². The molecule has 0 atom stereocenters. The number of carbonyl (C=O) groups excluding carboxylic acids is 2. The molecule has 0 radical (unpaired) electrons. The number of amides is 2. The zero-order valence-electron chi connectivity index (χ0n) is 13.6. The number of esters is 1. The Labute approximate surface area is 131 Å². The number of rotatable bonds is 7. The van der Waals surface area contributed by atoms with Crippen LogP contribution in [0.2, 0.25) is 0 Å². The molecule has 2 amide bonds. The summed E-state index contributed by atoms with van der Waals surface area (Å²) in [6.45, 7) is 5.87. The third-order valence-electron chi connectivity index (χ3n) is 3.03. The van der Waals surface area contributed by atoms with Crippen molar-refractivity contribution < 1.29 is 19.1 Å². The van der Waals surface area contributed by atoms with Gasteiger partial charge in [0.1, 0.15) is 12.3 Å². The van der Waals surface area contributed by atoms with Crippen molar-refractivity contribution >= 4 is 17.7 Å². The van der Waals surface area contributed by atoms with E-state index < -0.39 is 12.0 Å². The van der Waals surface area contributed by atoms with Gasteiger partial charge in [-0.1, -0.05) is 13.3 Å². The van der Waals surface area contributed by atoms with Gasteiger partial charge in [-0.3, -0.25) is 4.79 Å². The predicted octanol–water partition coefficient (Wildman–Crippen LogP) is 2.64. The first kappa shape index (κ1) is 17.8. The first-order valence-corrected chi connectivity index (χ1v) is 7.39. The molecule has 0 bridgehead atoms. The van der Waals surface area contributed by atoms with Gasteiger partial charge in [-0.25, -0.2) is 4.79 Å². The van der Waals surface area contributed by atoms with Gasteiger partial charge in [0.25, 0.3) is 0 Å². The first-order chi connectivity index (χ1) is 10.5.